The second-order valence-electron chi connectivity index (χ2n) is 4.95. The number of thioether (sulfide) groups is 1. The van der Waals surface area contributed by atoms with Crippen LogP contribution in [0.2, 0.25) is 0 Å². The van der Waals surface area contributed by atoms with Gasteiger partial charge in [-0.3, -0.25) is 0 Å². The van der Waals surface area contributed by atoms with Crippen LogP contribution in [0.1, 0.15) is 12.0 Å². The molecular weight excluding hydrogens is 364 g/mol. The van der Waals surface area contributed by atoms with Crippen molar-refractivity contribution >= 4 is 50.3 Å². The Morgan fingerprint density at radius 3 is 2.95 bits per heavy atom. The van der Waals surface area contributed by atoms with Gasteiger partial charge in [0.25, 0.3) is 0 Å². The molecule has 0 aliphatic carbocycles. The number of pyridine rings is 1. The van der Waals surface area contributed by atoms with Crippen molar-refractivity contribution in [1.82, 2.24) is 4.98 Å². The third-order valence-electron chi connectivity index (χ3n) is 3.46. The Labute approximate surface area is 143 Å². The molecule has 1 unspecified atom stereocenters. The average Bonchev–Trinajstić information content (AvgIpc) is 2.52. The van der Waals surface area contributed by atoms with Crippen molar-refractivity contribution < 1.29 is 9.53 Å². The van der Waals surface area contributed by atoms with Gasteiger partial charge in [0.1, 0.15) is 11.9 Å². The fraction of sp³-hybridized carbons (Fsp3) is 0.375. The van der Waals surface area contributed by atoms with E-state index >= 15 is 0 Å². The molecule has 0 saturated carbocycles. The third-order valence-corrected chi connectivity index (χ3v) is 4.76. The van der Waals surface area contributed by atoms with Crippen LogP contribution in [0.3, 0.4) is 0 Å². The van der Waals surface area contributed by atoms with Crippen LogP contribution >= 0.6 is 27.7 Å². The van der Waals surface area contributed by atoms with Crippen molar-refractivity contribution in [3.63, 3.8) is 0 Å². The van der Waals surface area contributed by atoms with Gasteiger partial charge in [0, 0.05) is 21.4 Å². The Balaban J connectivity index is 2.39. The van der Waals surface area contributed by atoms with E-state index < -0.39 is 6.04 Å². The predicted molar refractivity (Wildman–Crippen MR) is 96.6 cm³/mol. The molecule has 118 valence electrons. The summed E-state index contributed by atoms with van der Waals surface area (Å²) >= 11 is 5.28. The molecule has 0 aliphatic rings. The van der Waals surface area contributed by atoms with Gasteiger partial charge >= 0.3 is 5.97 Å². The van der Waals surface area contributed by atoms with Crippen LogP contribution < -0.4 is 5.32 Å². The summed E-state index contributed by atoms with van der Waals surface area (Å²) in [5, 5.41) is 5.34. The molecule has 0 fully saturated rings. The summed E-state index contributed by atoms with van der Waals surface area (Å²) in [7, 11) is 1.41. The van der Waals surface area contributed by atoms with Gasteiger partial charge < -0.3 is 10.1 Å². The average molecular weight is 383 g/mol. The third kappa shape index (κ3) is 3.73. The summed E-state index contributed by atoms with van der Waals surface area (Å²) in [5.41, 5.74) is 1.09. The minimum atomic E-state index is -0.394. The largest absolute Gasteiger partial charge is 0.467 e. The van der Waals surface area contributed by atoms with Crippen molar-refractivity contribution in [3.05, 3.63) is 34.4 Å². The first-order chi connectivity index (χ1) is 10.6. The van der Waals surface area contributed by atoms with Crippen molar-refractivity contribution in [2.75, 3.05) is 24.4 Å². The number of halogens is 1. The van der Waals surface area contributed by atoms with E-state index in [1.165, 1.54) is 7.11 Å². The molecule has 2 aromatic rings. The first-order valence-electron chi connectivity index (χ1n) is 6.95. The maximum absolute atomic E-state index is 12.0. The molecule has 1 atom stereocenters. The Morgan fingerprint density at radius 2 is 2.27 bits per heavy atom. The van der Waals surface area contributed by atoms with E-state index in [9.17, 15) is 4.79 Å². The standard InChI is InChI=1S/C16H19BrN2O2S/c1-10-9-18-15(11-5-4-6-12(17)14(10)11)19-13(7-8-22-3)16(20)21-2/h4-6,9,13H,7-8H2,1-3H3,(H,18,19). The second kappa shape index (κ2) is 7.83. The van der Waals surface area contributed by atoms with Crippen LogP contribution in [0, 0.1) is 6.92 Å². The lowest BCUT2D eigenvalue weighted by Gasteiger charge is -2.18. The van der Waals surface area contributed by atoms with Crippen LogP contribution in [-0.4, -0.2) is 36.1 Å². The Kier molecular flexibility index (Phi) is 6.08. The van der Waals surface area contributed by atoms with E-state index in [0.29, 0.717) is 12.2 Å². The van der Waals surface area contributed by atoms with Gasteiger partial charge in [-0.2, -0.15) is 11.8 Å². The maximum atomic E-state index is 12.0. The quantitative estimate of drug-likeness (QED) is 0.764. The molecule has 0 aliphatic heterocycles. The summed E-state index contributed by atoms with van der Waals surface area (Å²) < 4.78 is 5.91. The highest BCUT2D eigenvalue weighted by Gasteiger charge is 2.20. The lowest BCUT2D eigenvalue weighted by Crippen LogP contribution is -2.31. The molecule has 0 radical (unpaired) electrons. The zero-order valence-electron chi connectivity index (χ0n) is 12.9. The van der Waals surface area contributed by atoms with Gasteiger partial charge in [0.15, 0.2) is 0 Å². The second-order valence-corrected chi connectivity index (χ2v) is 6.79. The van der Waals surface area contributed by atoms with Crippen molar-refractivity contribution in [2.45, 2.75) is 19.4 Å². The normalized spacial score (nSPS) is 12.2. The number of anilines is 1. The van der Waals surface area contributed by atoms with E-state index in [0.717, 1.165) is 26.6 Å². The number of nitrogens with zero attached hydrogens (tertiary/aromatic N) is 1. The van der Waals surface area contributed by atoms with Crippen molar-refractivity contribution in [2.24, 2.45) is 0 Å². The number of fused-ring (bicyclic) bond motifs is 1. The monoisotopic (exact) mass is 382 g/mol. The van der Waals surface area contributed by atoms with E-state index in [1.807, 2.05) is 37.6 Å². The van der Waals surface area contributed by atoms with Crippen LogP contribution in [0.25, 0.3) is 10.8 Å². The topological polar surface area (TPSA) is 51.2 Å². The number of aromatic nitrogens is 1. The summed E-state index contributed by atoms with van der Waals surface area (Å²) in [5.74, 6) is 1.32. The summed E-state index contributed by atoms with van der Waals surface area (Å²) in [6, 6.07) is 5.58. The minimum absolute atomic E-state index is 0.264. The molecule has 0 spiro atoms. The summed E-state index contributed by atoms with van der Waals surface area (Å²) in [6.07, 6.45) is 4.53. The first-order valence-corrected chi connectivity index (χ1v) is 9.14. The molecule has 1 aromatic carbocycles. The fourth-order valence-corrected chi connectivity index (χ4v) is 3.47. The molecule has 22 heavy (non-hydrogen) atoms. The van der Waals surface area contributed by atoms with Gasteiger partial charge in [0.2, 0.25) is 0 Å². The molecule has 1 N–H and O–H groups in total. The van der Waals surface area contributed by atoms with Gasteiger partial charge in [-0.25, -0.2) is 9.78 Å². The number of ether oxygens (including phenoxy) is 1. The maximum Gasteiger partial charge on any atom is 0.328 e. The smallest absolute Gasteiger partial charge is 0.328 e. The Bertz CT molecular complexity index is 670. The SMILES string of the molecule is COC(=O)C(CCSC)Nc1ncc(C)c2c(Br)cccc12. The number of rotatable bonds is 6. The lowest BCUT2D eigenvalue weighted by molar-refractivity contribution is -0.141. The van der Waals surface area contributed by atoms with E-state index in [-0.39, 0.29) is 5.97 Å². The Hall–Kier alpha value is -1.27. The summed E-state index contributed by atoms with van der Waals surface area (Å²) in [4.78, 5) is 16.4. The highest BCUT2D eigenvalue weighted by Crippen LogP contribution is 2.31. The fourth-order valence-electron chi connectivity index (χ4n) is 2.32. The van der Waals surface area contributed by atoms with Crippen LogP contribution in [0.4, 0.5) is 5.82 Å². The van der Waals surface area contributed by atoms with Crippen LogP contribution in [0.5, 0.6) is 0 Å². The molecular formula is C16H19BrN2O2S. The van der Waals surface area contributed by atoms with Crippen LogP contribution in [-0.2, 0) is 9.53 Å². The number of methoxy groups -OCH3 is 1. The zero-order valence-corrected chi connectivity index (χ0v) is 15.3. The predicted octanol–water partition coefficient (Wildman–Crippen LogP) is 4.01. The van der Waals surface area contributed by atoms with Gasteiger partial charge in [-0.15, -0.1) is 0 Å². The number of benzene rings is 1. The Morgan fingerprint density at radius 1 is 1.50 bits per heavy atom. The highest BCUT2D eigenvalue weighted by atomic mass is 79.9. The number of carbonyl (C=O) groups is 1. The zero-order chi connectivity index (χ0) is 16.1. The van der Waals surface area contributed by atoms with Crippen molar-refractivity contribution in [1.29, 1.82) is 0 Å². The molecule has 0 amide bonds. The number of hydrogen-bond acceptors (Lipinski definition) is 5. The lowest BCUT2D eigenvalue weighted by atomic mass is 10.1. The molecule has 6 heteroatoms. The van der Waals surface area contributed by atoms with Crippen molar-refractivity contribution in [3.8, 4) is 0 Å². The van der Waals surface area contributed by atoms with Gasteiger partial charge in [-0.1, -0.05) is 28.1 Å². The van der Waals surface area contributed by atoms with Gasteiger partial charge in [-0.05, 0) is 37.0 Å². The van der Waals surface area contributed by atoms with E-state index in [4.69, 9.17) is 4.74 Å². The molecule has 2 rings (SSSR count). The first kappa shape index (κ1) is 17.1. The van der Waals surface area contributed by atoms with Crippen LogP contribution in [0.15, 0.2) is 28.9 Å². The molecule has 1 heterocycles. The molecule has 4 nitrogen and oxygen atoms in total. The molecule has 0 bridgehead atoms. The number of nitrogens with one attached hydrogen (secondary N) is 1. The highest BCUT2D eigenvalue weighted by molar-refractivity contribution is 9.10. The number of hydrogen-bond donors (Lipinski definition) is 1. The minimum Gasteiger partial charge on any atom is -0.467 e. The van der Waals surface area contributed by atoms with Gasteiger partial charge in [0.05, 0.1) is 7.11 Å². The number of esters is 1. The van der Waals surface area contributed by atoms with E-state index in [1.54, 1.807) is 11.8 Å². The number of aryl methyl sites for hydroxylation is 1. The number of carbonyl (C=O) groups excluding carboxylic acids is 1. The summed E-state index contributed by atoms with van der Waals surface area (Å²) in [6.45, 7) is 2.02. The van der Waals surface area contributed by atoms with E-state index in [2.05, 4.69) is 26.2 Å². The molecule has 0 saturated heterocycles. The molecule has 1 aromatic heterocycles.